The van der Waals surface area contributed by atoms with Crippen molar-refractivity contribution < 1.29 is 29.6 Å². The molecular weight excluding hydrogens is 243 g/mol. The maximum atomic E-state index is 13.5. The second kappa shape index (κ2) is 6.44. The number of aliphatic hydroxyl groups is 3. The zero-order chi connectivity index (χ0) is 13.7. The molecule has 0 aliphatic carbocycles. The fourth-order valence-electron chi connectivity index (χ4n) is 1.60. The van der Waals surface area contributed by atoms with Crippen LogP contribution in [-0.2, 0) is 11.2 Å². The lowest BCUT2D eigenvalue weighted by atomic mass is 9.98. The van der Waals surface area contributed by atoms with E-state index >= 15 is 0 Å². The Labute approximate surface area is 103 Å². The largest absolute Gasteiger partial charge is 0.481 e. The normalized spacial score (nSPS) is 14.2. The molecule has 0 spiro atoms. The molecular formula is C12H15FO5. The summed E-state index contributed by atoms with van der Waals surface area (Å²) in [5.41, 5.74) is 0.156. The van der Waals surface area contributed by atoms with Crippen molar-refractivity contribution in [2.45, 2.75) is 25.0 Å². The summed E-state index contributed by atoms with van der Waals surface area (Å²) in [6.07, 6.45) is -3.18. The van der Waals surface area contributed by atoms with E-state index in [4.69, 9.17) is 10.2 Å². The third-order valence-corrected chi connectivity index (χ3v) is 2.52. The van der Waals surface area contributed by atoms with Gasteiger partial charge < -0.3 is 20.4 Å². The Morgan fingerprint density at radius 3 is 2.56 bits per heavy atom. The Hall–Kier alpha value is -1.50. The number of hydrogen-bond acceptors (Lipinski definition) is 4. The average Bonchev–Trinajstić information content (AvgIpc) is 2.30. The van der Waals surface area contributed by atoms with E-state index in [2.05, 4.69) is 0 Å². The van der Waals surface area contributed by atoms with E-state index in [-0.39, 0.29) is 25.0 Å². The zero-order valence-corrected chi connectivity index (χ0v) is 9.58. The molecule has 0 amide bonds. The van der Waals surface area contributed by atoms with Gasteiger partial charge in [-0.3, -0.25) is 4.79 Å². The Bertz CT molecular complexity index is 421. The number of hydrogen-bond donors (Lipinski definition) is 4. The third kappa shape index (κ3) is 3.76. The van der Waals surface area contributed by atoms with Crippen molar-refractivity contribution in [1.29, 1.82) is 0 Å². The summed E-state index contributed by atoms with van der Waals surface area (Å²) in [4.78, 5) is 10.5. The number of aliphatic hydroxyl groups excluding tert-OH is 3. The molecule has 6 heteroatoms. The molecule has 100 valence electrons. The Balaban J connectivity index is 2.95. The molecule has 4 N–H and O–H groups in total. The van der Waals surface area contributed by atoms with Gasteiger partial charge in [-0.05, 0) is 24.1 Å². The molecule has 0 aliphatic heterocycles. The molecule has 2 atom stereocenters. The SMILES string of the molecule is O=C(O)Cc1ccc(F)c(C(O)C(O)CCO)c1. The van der Waals surface area contributed by atoms with Crippen molar-refractivity contribution in [1.82, 2.24) is 0 Å². The van der Waals surface area contributed by atoms with Crippen LogP contribution in [-0.4, -0.2) is 39.1 Å². The van der Waals surface area contributed by atoms with Crippen LogP contribution in [0.1, 0.15) is 23.7 Å². The summed E-state index contributed by atoms with van der Waals surface area (Å²) in [6, 6.07) is 3.55. The fourth-order valence-corrected chi connectivity index (χ4v) is 1.60. The van der Waals surface area contributed by atoms with Gasteiger partial charge in [-0.15, -0.1) is 0 Å². The number of carboxylic acids is 1. The van der Waals surface area contributed by atoms with Crippen LogP contribution >= 0.6 is 0 Å². The zero-order valence-electron chi connectivity index (χ0n) is 9.58. The third-order valence-electron chi connectivity index (χ3n) is 2.52. The van der Waals surface area contributed by atoms with E-state index in [9.17, 15) is 19.4 Å². The van der Waals surface area contributed by atoms with Gasteiger partial charge in [0.15, 0.2) is 0 Å². The molecule has 1 aromatic carbocycles. The van der Waals surface area contributed by atoms with E-state index < -0.39 is 24.0 Å². The molecule has 0 aromatic heterocycles. The first-order chi connectivity index (χ1) is 8.45. The van der Waals surface area contributed by atoms with Crippen LogP contribution in [0.3, 0.4) is 0 Å². The van der Waals surface area contributed by atoms with Gasteiger partial charge in [-0.25, -0.2) is 4.39 Å². The van der Waals surface area contributed by atoms with Crippen molar-refractivity contribution >= 4 is 5.97 Å². The van der Waals surface area contributed by atoms with E-state index in [0.29, 0.717) is 5.56 Å². The smallest absolute Gasteiger partial charge is 0.307 e. The highest BCUT2D eigenvalue weighted by Crippen LogP contribution is 2.23. The summed E-state index contributed by atoms with van der Waals surface area (Å²) >= 11 is 0. The minimum absolute atomic E-state index is 0.0935. The summed E-state index contributed by atoms with van der Waals surface area (Å²) in [5.74, 6) is -1.80. The summed E-state index contributed by atoms with van der Waals surface area (Å²) in [6.45, 7) is -0.339. The number of carbonyl (C=O) groups is 1. The quantitative estimate of drug-likeness (QED) is 0.585. The average molecular weight is 258 g/mol. The molecule has 0 saturated carbocycles. The van der Waals surface area contributed by atoms with Crippen LogP contribution in [0.5, 0.6) is 0 Å². The molecule has 18 heavy (non-hydrogen) atoms. The topological polar surface area (TPSA) is 98.0 Å². The first-order valence-corrected chi connectivity index (χ1v) is 5.42. The van der Waals surface area contributed by atoms with E-state index in [1.807, 2.05) is 0 Å². The predicted molar refractivity (Wildman–Crippen MR) is 60.4 cm³/mol. The monoisotopic (exact) mass is 258 g/mol. The minimum Gasteiger partial charge on any atom is -0.481 e. The molecule has 5 nitrogen and oxygen atoms in total. The molecule has 2 unspecified atom stereocenters. The summed E-state index contributed by atoms with van der Waals surface area (Å²) < 4.78 is 13.5. The molecule has 1 rings (SSSR count). The van der Waals surface area contributed by atoms with E-state index in [0.717, 1.165) is 6.07 Å². The van der Waals surface area contributed by atoms with Gasteiger partial charge in [0.25, 0.3) is 0 Å². The first kappa shape index (κ1) is 14.6. The first-order valence-electron chi connectivity index (χ1n) is 5.42. The van der Waals surface area contributed by atoms with Gasteiger partial charge >= 0.3 is 5.97 Å². The highest BCUT2D eigenvalue weighted by molar-refractivity contribution is 5.70. The lowest BCUT2D eigenvalue weighted by Crippen LogP contribution is -2.20. The fraction of sp³-hybridized carbons (Fsp3) is 0.417. The number of carboxylic acid groups (broad SMARTS) is 1. The van der Waals surface area contributed by atoms with Gasteiger partial charge in [-0.2, -0.15) is 0 Å². The lowest BCUT2D eigenvalue weighted by molar-refractivity contribution is -0.136. The summed E-state index contributed by atoms with van der Waals surface area (Å²) in [7, 11) is 0. The van der Waals surface area contributed by atoms with Crippen LogP contribution in [0.4, 0.5) is 4.39 Å². The van der Waals surface area contributed by atoms with Crippen LogP contribution in [0, 0.1) is 5.82 Å². The highest BCUT2D eigenvalue weighted by atomic mass is 19.1. The van der Waals surface area contributed by atoms with Gasteiger partial charge in [0.1, 0.15) is 11.9 Å². The lowest BCUT2D eigenvalue weighted by Gasteiger charge is -2.18. The molecule has 0 radical (unpaired) electrons. The minimum atomic E-state index is -1.49. The molecule has 0 bridgehead atoms. The van der Waals surface area contributed by atoms with Crippen LogP contribution in [0.2, 0.25) is 0 Å². The van der Waals surface area contributed by atoms with E-state index in [1.165, 1.54) is 12.1 Å². The Morgan fingerprint density at radius 1 is 1.33 bits per heavy atom. The molecule has 0 aliphatic rings. The molecule has 0 saturated heterocycles. The molecule has 0 heterocycles. The number of rotatable bonds is 6. The predicted octanol–water partition coefficient (Wildman–Crippen LogP) is 0.230. The maximum absolute atomic E-state index is 13.5. The standard InChI is InChI=1S/C12H15FO5/c13-9-2-1-7(6-11(16)17)5-8(9)12(18)10(15)3-4-14/h1-2,5,10,12,14-15,18H,3-4,6H2,(H,16,17). The van der Waals surface area contributed by atoms with Crippen LogP contribution < -0.4 is 0 Å². The van der Waals surface area contributed by atoms with E-state index in [1.54, 1.807) is 0 Å². The second-order valence-electron chi connectivity index (χ2n) is 3.95. The van der Waals surface area contributed by atoms with Gasteiger partial charge in [0.2, 0.25) is 0 Å². The number of halogens is 1. The van der Waals surface area contributed by atoms with Gasteiger partial charge in [0, 0.05) is 12.2 Å². The number of aliphatic carboxylic acids is 1. The molecule has 1 aromatic rings. The van der Waals surface area contributed by atoms with Crippen molar-refractivity contribution in [3.63, 3.8) is 0 Å². The Morgan fingerprint density at radius 2 is 2.00 bits per heavy atom. The second-order valence-corrected chi connectivity index (χ2v) is 3.95. The highest BCUT2D eigenvalue weighted by Gasteiger charge is 2.21. The van der Waals surface area contributed by atoms with Crippen molar-refractivity contribution in [2.75, 3.05) is 6.61 Å². The summed E-state index contributed by atoms with van der Waals surface area (Å²) in [5, 5.41) is 36.4. The van der Waals surface area contributed by atoms with Crippen LogP contribution in [0.15, 0.2) is 18.2 Å². The van der Waals surface area contributed by atoms with Crippen molar-refractivity contribution in [3.05, 3.63) is 35.1 Å². The molecule has 0 fully saturated rings. The van der Waals surface area contributed by atoms with Crippen molar-refractivity contribution in [2.24, 2.45) is 0 Å². The van der Waals surface area contributed by atoms with Gasteiger partial charge in [0.05, 0.1) is 12.5 Å². The maximum Gasteiger partial charge on any atom is 0.307 e. The van der Waals surface area contributed by atoms with Crippen molar-refractivity contribution in [3.8, 4) is 0 Å². The van der Waals surface area contributed by atoms with Crippen LogP contribution in [0.25, 0.3) is 0 Å². The Kier molecular flexibility index (Phi) is 5.21. The number of benzene rings is 1. The van der Waals surface area contributed by atoms with Gasteiger partial charge in [-0.1, -0.05) is 6.07 Å².